The third-order valence-electron chi connectivity index (χ3n) is 3.43. The van der Waals surface area contributed by atoms with Crippen LogP contribution < -0.4 is 0 Å². The van der Waals surface area contributed by atoms with E-state index in [-0.39, 0.29) is 18.2 Å². The van der Waals surface area contributed by atoms with Gasteiger partial charge < -0.3 is 14.7 Å². The second kappa shape index (κ2) is 6.41. The summed E-state index contributed by atoms with van der Waals surface area (Å²) in [5.41, 5.74) is 0.655. The van der Waals surface area contributed by atoms with E-state index in [1.165, 1.54) is 24.0 Å². The molecule has 5 nitrogen and oxygen atoms in total. The first-order valence-electron chi connectivity index (χ1n) is 6.48. The first-order chi connectivity index (χ1) is 9.90. The summed E-state index contributed by atoms with van der Waals surface area (Å²) in [4.78, 5) is 24.4. The van der Waals surface area contributed by atoms with Crippen LogP contribution in [0.4, 0.5) is 4.39 Å². The Morgan fingerprint density at radius 2 is 2.24 bits per heavy atom. The van der Waals surface area contributed by atoms with Crippen molar-refractivity contribution >= 4 is 23.5 Å². The average Bonchev–Trinajstić information content (AvgIpc) is 2.48. The molecule has 0 bridgehead atoms. The molecule has 1 saturated heterocycles. The number of hydrogen-bond acceptors (Lipinski definition) is 3. The summed E-state index contributed by atoms with van der Waals surface area (Å²) in [6, 6.07) is 4.23. The number of nitrogens with zero attached hydrogens (tertiary/aromatic N) is 1. The zero-order chi connectivity index (χ0) is 15.6. The van der Waals surface area contributed by atoms with E-state index in [4.69, 9.17) is 21.4 Å². The molecule has 0 spiro atoms. The molecule has 2 rings (SSSR count). The highest BCUT2D eigenvalue weighted by Crippen LogP contribution is 2.26. The molecule has 1 fully saturated rings. The number of carbonyl (C=O) groups is 2. The van der Waals surface area contributed by atoms with Crippen LogP contribution in [0.5, 0.6) is 0 Å². The van der Waals surface area contributed by atoms with Gasteiger partial charge in [-0.3, -0.25) is 9.59 Å². The predicted octanol–water partition coefficient (Wildman–Crippen LogP) is 2.10. The van der Waals surface area contributed by atoms with E-state index in [2.05, 4.69) is 0 Å². The van der Waals surface area contributed by atoms with Gasteiger partial charge in [-0.15, -0.1) is 0 Å². The minimum atomic E-state index is -1.16. The number of carboxylic acid groups (broad SMARTS) is 1. The molecular weight excluding hydrogens is 301 g/mol. The summed E-state index contributed by atoms with van der Waals surface area (Å²) in [5.74, 6) is -3.24. The molecule has 0 saturated carbocycles. The Labute approximate surface area is 126 Å². The molecule has 2 unspecified atom stereocenters. The lowest BCUT2D eigenvalue weighted by atomic mass is 10.1. The number of hydrogen-bond donors (Lipinski definition) is 1. The van der Waals surface area contributed by atoms with Gasteiger partial charge >= 0.3 is 5.97 Å². The smallest absolute Gasteiger partial charge is 0.315 e. The van der Waals surface area contributed by atoms with Crippen LogP contribution in [0, 0.1) is 11.7 Å². The third-order valence-corrected chi connectivity index (χ3v) is 3.72. The molecule has 1 amide bonds. The van der Waals surface area contributed by atoms with Crippen LogP contribution in [-0.4, -0.2) is 41.6 Å². The van der Waals surface area contributed by atoms with Crippen molar-refractivity contribution in [3.63, 3.8) is 0 Å². The van der Waals surface area contributed by atoms with E-state index >= 15 is 0 Å². The average molecular weight is 316 g/mol. The highest BCUT2D eigenvalue weighted by Gasteiger charge is 2.31. The molecule has 1 aromatic carbocycles. The maximum Gasteiger partial charge on any atom is 0.315 e. The quantitative estimate of drug-likeness (QED) is 0.867. The van der Waals surface area contributed by atoms with Gasteiger partial charge in [-0.1, -0.05) is 17.7 Å². The van der Waals surface area contributed by atoms with Crippen LogP contribution in [0.1, 0.15) is 18.6 Å². The molecule has 1 N–H and O–H groups in total. The molecule has 0 radical (unpaired) electrons. The fraction of sp³-hybridized carbons (Fsp3) is 0.429. The van der Waals surface area contributed by atoms with Crippen LogP contribution in [0.2, 0.25) is 5.02 Å². The van der Waals surface area contributed by atoms with Gasteiger partial charge in [0.25, 0.3) is 0 Å². The Kier molecular flexibility index (Phi) is 4.80. The van der Waals surface area contributed by atoms with Gasteiger partial charge in [0.2, 0.25) is 5.91 Å². The highest BCUT2D eigenvalue weighted by atomic mass is 35.5. The van der Waals surface area contributed by atoms with Crippen molar-refractivity contribution in [1.29, 1.82) is 0 Å². The van der Waals surface area contributed by atoms with E-state index in [0.717, 1.165) is 0 Å². The number of benzene rings is 1. The van der Waals surface area contributed by atoms with E-state index < -0.39 is 29.7 Å². The summed E-state index contributed by atoms with van der Waals surface area (Å²) in [6.45, 7) is 2.20. The molecule has 1 aliphatic heterocycles. The zero-order valence-electron chi connectivity index (χ0n) is 11.4. The van der Waals surface area contributed by atoms with Crippen molar-refractivity contribution < 1.29 is 23.8 Å². The van der Waals surface area contributed by atoms with Crippen molar-refractivity contribution in [2.45, 2.75) is 13.0 Å². The molecule has 1 heterocycles. The van der Waals surface area contributed by atoms with Crippen molar-refractivity contribution in [2.75, 3.05) is 19.7 Å². The Balaban J connectivity index is 2.11. The highest BCUT2D eigenvalue weighted by molar-refractivity contribution is 6.30. The van der Waals surface area contributed by atoms with Crippen LogP contribution in [-0.2, 0) is 14.3 Å². The lowest BCUT2D eigenvalue weighted by Gasteiger charge is -2.34. The number of aliphatic carboxylic acids is 1. The minimum Gasteiger partial charge on any atom is -0.481 e. The normalized spacial score (nSPS) is 20.1. The standard InChI is InChI=1S/C14H15ClFNO4/c1-8(14(19)20)13(18)17-4-5-21-12(7-17)9-2-3-11(16)10(15)6-9/h2-3,6,8,12H,4-5,7H2,1H3,(H,19,20). The maximum atomic E-state index is 13.2. The number of carbonyl (C=O) groups excluding carboxylic acids is 1. The summed E-state index contributed by atoms with van der Waals surface area (Å²) in [5, 5.41) is 8.88. The molecule has 21 heavy (non-hydrogen) atoms. The molecule has 7 heteroatoms. The summed E-state index contributed by atoms with van der Waals surface area (Å²) in [7, 11) is 0. The second-order valence-electron chi connectivity index (χ2n) is 4.88. The predicted molar refractivity (Wildman–Crippen MR) is 73.5 cm³/mol. The molecule has 0 aliphatic carbocycles. The van der Waals surface area contributed by atoms with Crippen molar-refractivity contribution in [1.82, 2.24) is 4.90 Å². The summed E-state index contributed by atoms with van der Waals surface area (Å²) < 4.78 is 18.7. The molecule has 114 valence electrons. The Hall–Kier alpha value is -1.66. The van der Waals surface area contributed by atoms with E-state index in [9.17, 15) is 14.0 Å². The van der Waals surface area contributed by atoms with E-state index in [1.54, 1.807) is 6.07 Å². The van der Waals surface area contributed by atoms with Crippen LogP contribution in [0.3, 0.4) is 0 Å². The molecular formula is C14H15ClFNO4. The van der Waals surface area contributed by atoms with Crippen LogP contribution in [0.15, 0.2) is 18.2 Å². The van der Waals surface area contributed by atoms with Gasteiger partial charge in [-0.2, -0.15) is 0 Å². The first-order valence-corrected chi connectivity index (χ1v) is 6.86. The van der Waals surface area contributed by atoms with E-state index in [1.807, 2.05) is 0 Å². The molecule has 1 aromatic rings. The SMILES string of the molecule is CC(C(=O)O)C(=O)N1CCOC(c2ccc(F)c(Cl)c2)C1. The van der Waals surface area contributed by atoms with Gasteiger partial charge in [0.05, 0.1) is 18.2 Å². The number of rotatable bonds is 3. The van der Waals surface area contributed by atoms with Gasteiger partial charge in [-0.25, -0.2) is 4.39 Å². The van der Waals surface area contributed by atoms with Gasteiger partial charge in [0.1, 0.15) is 17.8 Å². The molecule has 2 atom stereocenters. The first kappa shape index (κ1) is 15.7. The summed E-state index contributed by atoms with van der Waals surface area (Å²) in [6.07, 6.45) is -0.443. The van der Waals surface area contributed by atoms with Crippen molar-refractivity contribution in [3.05, 3.63) is 34.6 Å². The topological polar surface area (TPSA) is 66.8 Å². The fourth-order valence-electron chi connectivity index (χ4n) is 2.14. The Bertz CT molecular complexity index is 566. The second-order valence-corrected chi connectivity index (χ2v) is 5.28. The number of ether oxygens (including phenoxy) is 1. The molecule has 0 aromatic heterocycles. The van der Waals surface area contributed by atoms with Crippen molar-refractivity contribution in [3.8, 4) is 0 Å². The van der Waals surface area contributed by atoms with Gasteiger partial charge in [-0.05, 0) is 24.6 Å². The van der Waals surface area contributed by atoms with Crippen LogP contribution in [0.25, 0.3) is 0 Å². The summed E-state index contributed by atoms with van der Waals surface area (Å²) >= 11 is 5.74. The zero-order valence-corrected chi connectivity index (χ0v) is 12.1. The number of amides is 1. The van der Waals surface area contributed by atoms with Crippen molar-refractivity contribution in [2.24, 2.45) is 5.92 Å². The fourth-order valence-corrected chi connectivity index (χ4v) is 2.33. The lowest BCUT2D eigenvalue weighted by molar-refractivity contribution is -0.154. The third kappa shape index (κ3) is 3.51. The lowest BCUT2D eigenvalue weighted by Crippen LogP contribution is -2.45. The van der Waals surface area contributed by atoms with Gasteiger partial charge in [0, 0.05) is 6.54 Å². The minimum absolute atomic E-state index is 0.0153. The van der Waals surface area contributed by atoms with Gasteiger partial charge in [0.15, 0.2) is 0 Å². The van der Waals surface area contributed by atoms with E-state index in [0.29, 0.717) is 12.1 Å². The number of morpholine rings is 1. The Morgan fingerprint density at radius 3 is 2.86 bits per heavy atom. The largest absolute Gasteiger partial charge is 0.481 e. The van der Waals surface area contributed by atoms with Crippen LogP contribution >= 0.6 is 11.6 Å². The maximum absolute atomic E-state index is 13.2. The Morgan fingerprint density at radius 1 is 1.52 bits per heavy atom. The molecule has 1 aliphatic rings. The number of carboxylic acids is 1. The number of halogens is 2. The monoisotopic (exact) mass is 315 g/mol.